The molecule has 0 aliphatic rings. The van der Waals surface area contributed by atoms with E-state index in [1.807, 2.05) is 18.2 Å². The van der Waals surface area contributed by atoms with E-state index in [1.54, 1.807) is 12.1 Å². The smallest absolute Gasteiger partial charge is 0.431 e. The van der Waals surface area contributed by atoms with Crippen LogP contribution in [0.5, 0.6) is 0 Å². The Hall–Kier alpha value is -1.96. The van der Waals surface area contributed by atoms with Gasteiger partial charge in [0.25, 0.3) is 5.91 Å². The number of nitrogens with zero attached hydrogens (tertiary/aromatic N) is 1. The van der Waals surface area contributed by atoms with Crippen molar-refractivity contribution in [3.05, 3.63) is 35.9 Å². The van der Waals surface area contributed by atoms with E-state index in [1.165, 1.54) is 0 Å². The number of hydrogen-bond acceptors (Lipinski definition) is 6. The van der Waals surface area contributed by atoms with Gasteiger partial charge in [0.1, 0.15) is 6.61 Å². The molecule has 0 aliphatic heterocycles. The monoisotopic (exact) mass is 294 g/mol. The zero-order valence-corrected chi connectivity index (χ0v) is 11.9. The van der Waals surface area contributed by atoms with E-state index in [9.17, 15) is 9.59 Å². The molecule has 6 N–H and O–H groups in total. The van der Waals surface area contributed by atoms with Gasteiger partial charge in [-0.2, -0.15) is 5.01 Å². The van der Waals surface area contributed by atoms with Crippen LogP contribution in [0, 0.1) is 0 Å². The van der Waals surface area contributed by atoms with Gasteiger partial charge in [-0.05, 0) is 24.9 Å². The second-order valence-electron chi connectivity index (χ2n) is 4.64. The Morgan fingerprint density at radius 2 is 1.86 bits per heavy atom. The summed E-state index contributed by atoms with van der Waals surface area (Å²) >= 11 is 0. The number of unbranched alkanes of at least 4 members (excludes halogenated alkanes) is 1. The van der Waals surface area contributed by atoms with E-state index in [2.05, 4.69) is 0 Å². The molecule has 7 nitrogen and oxygen atoms in total. The van der Waals surface area contributed by atoms with E-state index in [-0.39, 0.29) is 6.61 Å². The van der Waals surface area contributed by atoms with Crippen molar-refractivity contribution in [2.45, 2.75) is 31.9 Å². The van der Waals surface area contributed by atoms with Crippen LogP contribution in [0.4, 0.5) is 4.79 Å². The quantitative estimate of drug-likeness (QED) is 0.291. The fourth-order valence-corrected chi connectivity index (χ4v) is 1.69. The van der Waals surface area contributed by atoms with E-state index >= 15 is 0 Å². The molecule has 7 heteroatoms. The third-order valence-corrected chi connectivity index (χ3v) is 2.93. The van der Waals surface area contributed by atoms with Crippen molar-refractivity contribution in [2.24, 2.45) is 17.3 Å². The van der Waals surface area contributed by atoms with Gasteiger partial charge in [0.05, 0.1) is 6.04 Å². The lowest BCUT2D eigenvalue weighted by molar-refractivity contribution is -0.131. The second kappa shape index (κ2) is 9.06. The fourth-order valence-electron chi connectivity index (χ4n) is 1.69. The molecule has 0 fully saturated rings. The molecule has 2 amide bonds. The first-order chi connectivity index (χ1) is 10.1. The van der Waals surface area contributed by atoms with Crippen LogP contribution in [0.1, 0.15) is 24.8 Å². The summed E-state index contributed by atoms with van der Waals surface area (Å²) in [6.07, 6.45) is 0.980. The van der Waals surface area contributed by atoms with E-state index in [4.69, 9.17) is 22.0 Å². The van der Waals surface area contributed by atoms with Crippen molar-refractivity contribution in [1.82, 2.24) is 5.01 Å². The topological polar surface area (TPSA) is 125 Å². The SMILES string of the molecule is NCCCC[C@H](N)C(=O)N(N)C(=O)OCc1ccccc1. The van der Waals surface area contributed by atoms with Gasteiger partial charge in [0, 0.05) is 0 Å². The summed E-state index contributed by atoms with van der Waals surface area (Å²) in [5.41, 5.74) is 11.8. The summed E-state index contributed by atoms with van der Waals surface area (Å²) in [6, 6.07) is 8.27. The van der Waals surface area contributed by atoms with Crippen LogP contribution in [0.15, 0.2) is 30.3 Å². The average molecular weight is 294 g/mol. The minimum absolute atomic E-state index is 0.0447. The lowest BCUT2D eigenvalue weighted by Crippen LogP contribution is -2.50. The van der Waals surface area contributed by atoms with Crippen molar-refractivity contribution in [3.8, 4) is 0 Å². The summed E-state index contributed by atoms with van der Waals surface area (Å²) < 4.78 is 4.95. The largest absolute Gasteiger partial charge is 0.443 e. The summed E-state index contributed by atoms with van der Waals surface area (Å²) in [5.74, 6) is 4.77. The standard InChI is InChI=1S/C14H22N4O3/c15-9-5-4-8-12(16)13(19)18(17)14(20)21-10-11-6-2-1-3-7-11/h1-3,6-7,12H,4-5,8-10,15-17H2/t12-/m0/s1. The zero-order chi connectivity index (χ0) is 15.7. The lowest BCUT2D eigenvalue weighted by Gasteiger charge is -2.18. The maximum absolute atomic E-state index is 11.8. The molecular formula is C14H22N4O3. The van der Waals surface area contributed by atoms with Gasteiger partial charge in [-0.1, -0.05) is 36.8 Å². The predicted molar refractivity (Wildman–Crippen MR) is 78.5 cm³/mol. The Balaban J connectivity index is 2.40. The van der Waals surface area contributed by atoms with Crippen molar-refractivity contribution < 1.29 is 14.3 Å². The molecule has 0 aromatic heterocycles. The number of carbonyl (C=O) groups is 2. The molecule has 0 aliphatic carbocycles. The van der Waals surface area contributed by atoms with Crippen LogP contribution >= 0.6 is 0 Å². The number of ether oxygens (including phenoxy) is 1. The summed E-state index contributed by atoms with van der Waals surface area (Å²) in [6.45, 7) is 0.579. The van der Waals surface area contributed by atoms with E-state index in [0.29, 0.717) is 24.4 Å². The Morgan fingerprint density at radius 3 is 2.48 bits per heavy atom. The number of amides is 2. The van der Waals surface area contributed by atoms with Crippen LogP contribution in [0.3, 0.4) is 0 Å². The van der Waals surface area contributed by atoms with Crippen molar-refractivity contribution in [3.63, 3.8) is 0 Å². The lowest BCUT2D eigenvalue weighted by atomic mass is 10.1. The maximum Gasteiger partial charge on any atom is 0.431 e. The highest BCUT2D eigenvalue weighted by atomic mass is 16.6. The van der Waals surface area contributed by atoms with Crippen LogP contribution in [0.25, 0.3) is 0 Å². The first-order valence-corrected chi connectivity index (χ1v) is 6.81. The minimum Gasteiger partial charge on any atom is -0.443 e. The number of nitrogens with two attached hydrogens (primary N) is 3. The van der Waals surface area contributed by atoms with Gasteiger partial charge >= 0.3 is 6.09 Å². The summed E-state index contributed by atoms with van der Waals surface area (Å²) in [7, 11) is 0. The van der Waals surface area contributed by atoms with Gasteiger partial charge in [0.2, 0.25) is 0 Å². The first kappa shape index (κ1) is 17.1. The van der Waals surface area contributed by atoms with Crippen LogP contribution in [-0.4, -0.2) is 29.6 Å². The minimum atomic E-state index is -0.918. The molecule has 1 atom stereocenters. The van der Waals surface area contributed by atoms with Crippen molar-refractivity contribution >= 4 is 12.0 Å². The molecule has 0 saturated carbocycles. The van der Waals surface area contributed by atoms with Crippen molar-refractivity contribution in [2.75, 3.05) is 6.54 Å². The number of hydrazine groups is 1. The summed E-state index contributed by atoms with van der Waals surface area (Å²) in [4.78, 5) is 23.5. The molecule has 116 valence electrons. The fraction of sp³-hybridized carbons (Fsp3) is 0.429. The number of carbonyl (C=O) groups excluding carboxylic acids is 2. The highest BCUT2D eigenvalue weighted by Crippen LogP contribution is 2.04. The van der Waals surface area contributed by atoms with Crippen LogP contribution < -0.4 is 17.3 Å². The first-order valence-electron chi connectivity index (χ1n) is 6.81. The normalized spacial score (nSPS) is 11.8. The van der Waals surface area contributed by atoms with Gasteiger partial charge in [-0.25, -0.2) is 10.6 Å². The number of hydrogen-bond donors (Lipinski definition) is 3. The Morgan fingerprint density at radius 1 is 1.19 bits per heavy atom. The Bertz CT molecular complexity index is 453. The van der Waals surface area contributed by atoms with Gasteiger partial charge in [-0.3, -0.25) is 4.79 Å². The highest BCUT2D eigenvalue weighted by molar-refractivity contribution is 5.94. The molecule has 0 saturated heterocycles. The van der Waals surface area contributed by atoms with E-state index in [0.717, 1.165) is 12.0 Å². The van der Waals surface area contributed by atoms with Gasteiger partial charge < -0.3 is 16.2 Å². The third kappa shape index (κ3) is 5.90. The maximum atomic E-state index is 11.8. The summed E-state index contributed by atoms with van der Waals surface area (Å²) in [5, 5.41) is 0.427. The Labute approximate surface area is 124 Å². The molecular weight excluding hydrogens is 272 g/mol. The van der Waals surface area contributed by atoms with Crippen molar-refractivity contribution in [1.29, 1.82) is 0 Å². The molecule has 0 radical (unpaired) electrons. The van der Waals surface area contributed by atoms with E-state index < -0.39 is 18.0 Å². The molecule has 0 bridgehead atoms. The number of benzene rings is 1. The Kier molecular flexibility index (Phi) is 7.38. The molecule has 0 spiro atoms. The molecule has 1 rings (SSSR count). The molecule has 21 heavy (non-hydrogen) atoms. The predicted octanol–water partition coefficient (Wildman–Crippen LogP) is 0.482. The number of rotatable bonds is 7. The molecule has 1 aromatic carbocycles. The number of imide groups is 1. The van der Waals surface area contributed by atoms with Gasteiger partial charge in [-0.15, -0.1) is 0 Å². The molecule has 1 aromatic rings. The third-order valence-electron chi connectivity index (χ3n) is 2.93. The highest BCUT2D eigenvalue weighted by Gasteiger charge is 2.24. The van der Waals surface area contributed by atoms with Crippen LogP contribution in [-0.2, 0) is 16.1 Å². The second-order valence-corrected chi connectivity index (χ2v) is 4.64. The van der Waals surface area contributed by atoms with Crippen LogP contribution in [0.2, 0.25) is 0 Å². The molecule has 0 heterocycles. The zero-order valence-electron chi connectivity index (χ0n) is 11.9. The van der Waals surface area contributed by atoms with Gasteiger partial charge in [0.15, 0.2) is 0 Å². The average Bonchev–Trinajstić information content (AvgIpc) is 2.52. The molecule has 0 unspecified atom stereocenters.